The van der Waals surface area contributed by atoms with Crippen LogP contribution in [0.3, 0.4) is 0 Å². The van der Waals surface area contributed by atoms with Gasteiger partial charge in [0.25, 0.3) is 0 Å². The number of nitrogens with one attached hydrogen (secondary N) is 1. The van der Waals surface area contributed by atoms with Crippen LogP contribution in [0, 0.1) is 0 Å². The van der Waals surface area contributed by atoms with Crippen LogP contribution in [0.4, 0.5) is 4.79 Å². The molecule has 2 amide bonds. The molecule has 1 aliphatic heterocycles. The number of ether oxygens (including phenoxy) is 1. The van der Waals surface area contributed by atoms with Gasteiger partial charge in [-0.1, -0.05) is 13.3 Å². The van der Waals surface area contributed by atoms with Crippen molar-refractivity contribution in [3.63, 3.8) is 0 Å². The first kappa shape index (κ1) is 20.7. The Kier molecular flexibility index (Phi) is 8.47. The van der Waals surface area contributed by atoms with Crippen molar-refractivity contribution in [3.8, 4) is 0 Å². The molecule has 1 aliphatic rings. The highest BCUT2D eigenvalue weighted by Crippen LogP contribution is 2.12. The summed E-state index contributed by atoms with van der Waals surface area (Å²) in [4.78, 5) is 25.4. The van der Waals surface area contributed by atoms with Gasteiger partial charge in [-0.3, -0.25) is 4.79 Å². The van der Waals surface area contributed by atoms with E-state index in [9.17, 15) is 18.0 Å². The van der Waals surface area contributed by atoms with Crippen LogP contribution in [0.2, 0.25) is 0 Å². The van der Waals surface area contributed by atoms with Crippen molar-refractivity contribution in [1.29, 1.82) is 0 Å². The number of nitrogens with zero attached hydrogens (tertiary/aromatic N) is 2. The van der Waals surface area contributed by atoms with E-state index in [1.807, 2.05) is 6.92 Å². The second kappa shape index (κ2) is 9.83. The van der Waals surface area contributed by atoms with Crippen molar-refractivity contribution in [2.75, 3.05) is 39.0 Å². The van der Waals surface area contributed by atoms with Gasteiger partial charge in [0.15, 0.2) is 0 Å². The third kappa shape index (κ3) is 7.04. The van der Waals surface area contributed by atoms with Gasteiger partial charge in [-0.15, -0.1) is 0 Å². The molecule has 1 rings (SSSR count). The molecule has 0 aromatic heterocycles. The highest BCUT2D eigenvalue weighted by atomic mass is 32.2. The summed E-state index contributed by atoms with van der Waals surface area (Å²) in [6.07, 6.45) is 3.65. The molecule has 1 fully saturated rings. The first-order chi connectivity index (χ1) is 11.3. The minimum absolute atomic E-state index is 0.0456. The fraction of sp³-hybridized carbons (Fsp3) is 0.867. The maximum absolute atomic E-state index is 12.1. The van der Waals surface area contributed by atoms with E-state index < -0.39 is 10.0 Å². The second-order valence-corrected chi connectivity index (χ2v) is 7.96. The Bertz CT molecular complexity index is 515. The number of hydrogen-bond acceptors (Lipinski definition) is 5. The number of carbonyl (C=O) groups excluding carboxylic acids is 2. The Balaban J connectivity index is 2.44. The Hall–Kier alpha value is -1.35. The summed E-state index contributed by atoms with van der Waals surface area (Å²) in [6.45, 7) is 5.31. The topological polar surface area (TPSA) is 96.0 Å². The van der Waals surface area contributed by atoms with Crippen molar-refractivity contribution in [2.45, 2.75) is 45.6 Å². The highest BCUT2D eigenvalue weighted by Gasteiger charge is 2.26. The number of unbranched alkanes of at least 4 members (excludes halogenated alkanes) is 1. The van der Waals surface area contributed by atoms with Crippen molar-refractivity contribution >= 4 is 22.0 Å². The minimum atomic E-state index is -3.40. The fourth-order valence-electron chi connectivity index (χ4n) is 2.55. The van der Waals surface area contributed by atoms with Crippen LogP contribution in [-0.2, 0) is 19.6 Å². The molecule has 1 saturated heterocycles. The van der Waals surface area contributed by atoms with E-state index >= 15 is 0 Å². The first-order valence-electron chi connectivity index (χ1n) is 8.44. The molecule has 0 radical (unpaired) electrons. The lowest BCUT2D eigenvalue weighted by Crippen LogP contribution is -2.49. The standard InChI is InChI=1S/C15H29N3O5S/c1-4-6-9-18(24(3,21)22)12-14(19)16-13-7-10-17(11-8-13)15(20)23-5-2/h13H,4-12H2,1-3H3,(H,16,19). The number of hydrogen-bond donors (Lipinski definition) is 1. The fourth-order valence-corrected chi connectivity index (χ4v) is 3.36. The van der Waals surface area contributed by atoms with Crippen molar-refractivity contribution < 1.29 is 22.7 Å². The zero-order valence-electron chi connectivity index (χ0n) is 14.8. The molecule has 0 spiro atoms. The smallest absolute Gasteiger partial charge is 0.409 e. The van der Waals surface area contributed by atoms with E-state index in [0.29, 0.717) is 39.1 Å². The predicted molar refractivity (Wildman–Crippen MR) is 91.1 cm³/mol. The molecule has 24 heavy (non-hydrogen) atoms. The molecule has 140 valence electrons. The van der Waals surface area contributed by atoms with Crippen molar-refractivity contribution in [3.05, 3.63) is 0 Å². The maximum atomic E-state index is 12.1. The summed E-state index contributed by atoms with van der Waals surface area (Å²) >= 11 is 0. The molecular weight excluding hydrogens is 334 g/mol. The number of piperidine rings is 1. The zero-order chi connectivity index (χ0) is 18.2. The molecule has 0 atom stereocenters. The Morgan fingerprint density at radius 2 is 1.88 bits per heavy atom. The normalized spacial score (nSPS) is 16.2. The Morgan fingerprint density at radius 3 is 2.38 bits per heavy atom. The molecular formula is C15H29N3O5S. The molecule has 0 unspecified atom stereocenters. The van der Waals surface area contributed by atoms with Gasteiger partial charge in [0, 0.05) is 25.7 Å². The van der Waals surface area contributed by atoms with E-state index in [4.69, 9.17) is 4.74 Å². The van der Waals surface area contributed by atoms with Gasteiger partial charge in [0.1, 0.15) is 0 Å². The highest BCUT2D eigenvalue weighted by molar-refractivity contribution is 7.88. The third-order valence-corrected chi connectivity index (χ3v) is 5.19. The van der Waals surface area contributed by atoms with Gasteiger partial charge in [0.05, 0.1) is 19.4 Å². The SMILES string of the molecule is CCCCN(CC(=O)NC1CCN(C(=O)OCC)CC1)S(C)(=O)=O. The molecule has 0 saturated carbocycles. The van der Waals surface area contributed by atoms with Crippen molar-refractivity contribution in [2.24, 2.45) is 0 Å². The lowest BCUT2D eigenvalue weighted by molar-refractivity contribution is -0.122. The molecule has 0 bridgehead atoms. The molecule has 0 aromatic carbocycles. The zero-order valence-corrected chi connectivity index (χ0v) is 15.6. The Labute approximate surface area is 144 Å². The van der Waals surface area contributed by atoms with Gasteiger partial charge in [-0.2, -0.15) is 4.31 Å². The van der Waals surface area contributed by atoms with E-state index in [0.717, 1.165) is 19.1 Å². The van der Waals surface area contributed by atoms with E-state index in [-0.39, 0.29) is 24.6 Å². The van der Waals surface area contributed by atoms with Crippen molar-refractivity contribution in [1.82, 2.24) is 14.5 Å². The average Bonchev–Trinajstić information content (AvgIpc) is 2.51. The van der Waals surface area contributed by atoms with Crippen LogP contribution in [0.15, 0.2) is 0 Å². The van der Waals surface area contributed by atoms with Crippen LogP contribution >= 0.6 is 0 Å². The maximum Gasteiger partial charge on any atom is 0.409 e. The Morgan fingerprint density at radius 1 is 1.25 bits per heavy atom. The number of likely N-dealkylation sites (tertiary alicyclic amines) is 1. The summed E-state index contributed by atoms with van der Waals surface area (Å²) in [6, 6.07) is -0.0456. The van der Waals surface area contributed by atoms with Gasteiger partial charge in [-0.25, -0.2) is 13.2 Å². The van der Waals surface area contributed by atoms with Crippen LogP contribution in [0.25, 0.3) is 0 Å². The minimum Gasteiger partial charge on any atom is -0.450 e. The summed E-state index contributed by atoms with van der Waals surface area (Å²) in [7, 11) is -3.40. The number of amides is 2. The number of carbonyl (C=O) groups is 2. The third-order valence-electron chi connectivity index (χ3n) is 3.94. The summed E-state index contributed by atoms with van der Waals surface area (Å²) < 4.78 is 29.6. The number of rotatable bonds is 8. The second-order valence-electron chi connectivity index (χ2n) is 5.98. The molecule has 1 N–H and O–H groups in total. The van der Waals surface area contributed by atoms with E-state index in [1.165, 1.54) is 4.31 Å². The monoisotopic (exact) mass is 363 g/mol. The lowest BCUT2D eigenvalue weighted by Gasteiger charge is -2.32. The van der Waals surface area contributed by atoms with Gasteiger partial charge < -0.3 is 15.0 Å². The molecule has 8 nitrogen and oxygen atoms in total. The van der Waals surface area contributed by atoms with Crippen LogP contribution in [0.5, 0.6) is 0 Å². The number of sulfonamides is 1. The van der Waals surface area contributed by atoms with Crippen LogP contribution < -0.4 is 5.32 Å². The molecule has 0 aromatic rings. The molecule has 0 aliphatic carbocycles. The summed E-state index contributed by atoms with van der Waals surface area (Å²) in [5, 5.41) is 2.87. The summed E-state index contributed by atoms with van der Waals surface area (Å²) in [5.41, 5.74) is 0. The van der Waals surface area contributed by atoms with Gasteiger partial charge in [-0.05, 0) is 26.2 Å². The molecule has 1 heterocycles. The average molecular weight is 363 g/mol. The predicted octanol–water partition coefficient (Wildman–Crippen LogP) is 0.785. The lowest BCUT2D eigenvalue weighted by atomic mass is 10.1. The largest absolute Gasteiger partial charge is 0.450 e. The van der Waals surface area contributed by atoms with Gasteiger partial charge in [0.2, 0.25) is 15.9 Å². The summed E-state index contributed by atoms with van der Waals surface area (Å²) in [5.74, 6) is -0.300. The van der Waals surface area contributed by atoms with E-state index in [1.54, 1.807) is 11.8 Å². The molecule has 9 heteroatoms. The van der Waals surface area contributed by atoms with Crippen LogP contribution in [0.1, 0.15) is 39.5 Å². The van der Waals surface area contributed by atoms with E-state index in [2.05, 4.69) is 5.32 Å². The van der Waals surface area contributed by atoms with Gasteiger partial charge >= 0.3 is 6.09 Å². The quantitative estimate of drug-likeness (QED) is 0.688. The van der Waals surface area contributed by atoms with Crippen LogP contribution in [-0.4, -0.2) is 74.7 Å². The first-order valence-corrected chi connectivity index (χ1v) is 10.3.